The molecule has 0 spiro atoms. The zero-order valence-electron chi connectivity index (χ0n) is 12.4. The van der Waals surface area contributed by atoms with E-state index in [1.165, 1.54) is 5.56 Å². The first kappa shape index (κ1) is 15.9. The van der Waals surface area contributed by atoms with Gasteiger partial charge in [0.2, 0.25) is 0 Å². The summed E-state index contributed by atoms with van der Waals surface area (Å²) in [5.41, 5.74) is 2.31. The molecule has 0 saturated carbocycles. The van der Waals surface area contributed by atoms with E-state index in [2.05, 4.69) is 28.2 Å². The largest absolute Gasteiger partial charge is 0.493 e. The van der Waals surface area contributed by atoms with Crippen LogP contribution in [-0.2, 0) is 13.2 Å². The molecule has 1 N–H and O–H groups in total. The van der Waals surface area contributed by atoms with Gasteiger partial charge in [-0.1, -0.05) is 41.1 Å². The Bertz CT molecular complexity index is 570. The standard InChI is InChI=1S/C17H20BrNO2/c1-3-19-11-14-6-9-16(20-2)17(10-14)21-12-13-4-7-15(18)8-5-13/h4-10,19H,3,11-12H2,1-2H3. The van der Waals surface area contributed by atoms with E-state index in [1.807, 2.05) is 42.5 Å². The minimum atomic E-state index is 0.522. The summed E-state index contributed by atoms with van der Waals surface area (Å²) < 4.78 is 12.3. The molecule has 0 aliphatic carbocycles. The molecular formula is C17H20BrNO2. The van der Waals surface area contributed by atoms with Crippen molar-refractivity contribution in [3.8, 4) is 11.5 Å². The summed E-state index contributed by atoms with van der Waals surface area (Å²) in [4.78, 5) is 0. The highest BCUT2D eigenvalue weighted by Crippen LogP contribution is 2.29. The lowest BCUT2D eigenvalue weighted by molar-refractivity contribution is 0.284. The van der Waals surface area contributed by atoms with E-state index in [4.69, 9.17) is 9.47 Å². The van der Waals surface area contributed by atoms with Crippen LogP contribution < -0.4 is 14.8 Å². The predicted octanol–water partition coefficient (Wildman–Crippen LogP) is 4.15. The van der Waals surface area contributed by atoms with Crippen LogP contribution in [0.1, 0.15) is 18.1 Å². The third kappa shape index (κ3) is 4.76. The van der Waals surface area contributed by atoms with Crippen LogP contribution in [0.25, 0.3) is 0 Å². The number of halogens is 1. The van der Waals surface area contributed by atoms with Crippen molar-refractivity contribution in [2.45, 2.75) is 20.1 Å². The van der Waals surface area contributed by atoms with Crippen LogP contribution in [-0.4, -0.2) is 13.7 Å². The first-order valence-electron chi connectivity index (χ1n) is 6.97. The number of rotatable bonds is 7. The highest BCUT2D eigenvalue weighted by atomic mass is 79.9. The summed E-state index contributed by atoms with van der Waals surface area (Å²) in [6, 6.07) is 14.1. The number of hydrogen-bond donors (Lipinski definition) is 1. The number of hydrogen-bond acceptors (Lipinski definition) is 3. The maximum absolute atomic E-state index is 5.91. The first-order valence-corrected chi connectivity index (χ1v) is 7.77. The van der Waals surface area contributed by atoms with E-state index in [9.17, 15) is 0 Å². The fourth-order valence-corrected chi connectivity index (χ4v) is 2.22. The molecule has 112 valence electrons. The Morgan fingerprint density at radius 1 is 1.00 bits per heavy atom. The highest BCUT2D eigenvalue weighted by molar-refractivity contribution is 9.10. The molecule has 3 nitrogen and oxygen atoms in total. The Kier molecular flexibility index (Phi) is 6.08. The smallest absolute Gasteiger partial charge is 0.161 e. The molecule has 2 aromatic rings. The Balaban J connectivity index is 2.07. The third-order valence-electron chi connectivity index (χ3n) is 3.11. The summed E-state index contributed by atoms with van der Waals surface area (Å²) in [7, 11) is 1.66. The topological polar surface area (TPSA) is 30.5 Å². The van der Waals surface area contributed by atoms with Crippen molar-refractivity contribution in [1.82, 2.24) is 5.32 Å². The van der Waals surface area contributed by atoms with Gasteiger partial charge in [0, 0.05) is 11.0 Å². The maximum atomic E-state index is 5.91. The fourth-order valence-electron chi connectivity index (χ4n) is 1.95. The molecule has 0 aliphatic heterocycles. The van der Waals surface area contributed by atoms with Crippen LogP contribution in [0.5, 0.6) is 11.5 Å². The molecule has 2 rings (SSSR count). The molecular weight excluding hydrogens is 330 g/mol. The third-order valence-corrected chi connectivity index (χ3v) is 3.64. The zero-order chi connectivity index (χ0) is 15.1. The van der Waals surface area contributed by atoms with Crippen molar-refractivity contribution in [2.24, 2.45) is 0 Å². The van der Waals surface area contributed by atoms with E-state index >= 15 is 0 Å². The maximum Gasteiger partial charge on any atom is 0.161 e. The molecule has 0 radical (unpaired) electrons. The van der Waals surface area contributed by atoms with Gasteiger partial charge in [0.1, 0.15) is 6.61 Å². The van der Waals surface area contributed by atoms with Crippen molar-refractivity contribution in [2.75, 3.05) is 13.7 Å². The van der Waals surface area contributed by atoms with Gasteiger partial charge in [-0.05, 0) is 41.9 Å². The molecule has 0 unspecified atom stereocenters. The van der Waals surface area contributed by atoms with E-state index in [0.29, 0.717) is 6.61 Å². The molecule has 21 heavy (non-hydrogen) atoms. The summed E-state index contributed by atoms with van der Waals surface area (Å²) >= 11 is 3.43. The number of methoxy groups -OCH3 is 1. The molecule has 0 aliphatic rings. The number of ether oxygens (including phenoxy) is 2. The van der Waals surface area contributed by atoms with Gasteiger partial charge in [-0.2, -0.15) is 0 Å². The van der Waals surface area contributed by atoms with Gasteiger partial charge in [0.15, 0.2) is 11.5 Å². The predicted molar refractivity (Wildman–Crippen MR) is 88.8 cm³/mol. The Labute approximate surface area is 134 Å². The molecule has 0 saturated heterocycles. The van der Waals surface area contributed by atoms with Gasteiger partial charge in [-0.15, -0.1) is 0 Å². The quantitative estimate of drug-likeness (QED) is 0.814. The molecule has 0 fully saturated rings. The molecule has 0 amide bonds. The van der Waals surface area contributed by atoms with E-state index in [0.717, 1.165) is 34.6 Å². The van der Waals surface area contributed by atoms with Crippen LogP contribution in [0.4, 0.5) is 0 Å². The lowest BCUT2D eigenvalue weighted by Crippen LogP contribution is -2.11. The van der Waals surface area contributed by atoms with Crippen LogP contribution in [0.2, 0.25) is 0 Å². The van der Waals surface area contributed by atoms with Gasteiger partial charge in [-0.25, -0.2) is 0 Å². The second kappa shape index (κ2) is 8.05. The highest BCUT2D eigenvalue weighted by Gasteiger charge is 2.06. The normalized spacial score (nSPS) is 10.4. The molecule has 0 aromatic heterocycles. The van der Waals surface area contributed by atoms with Gasteiger partial charge in [0.05, 0.1) is 7.11 Å². The molecule has 4 heteroatoms. The zero-order valence-corrected chi connectivity index (χ0v) is 13.9. The summed E-state index contributed by atoms with van der Waals surface area (Å²) in [5, 5.41) is 3.31. The van der Waals surface area contributed by atoms with E-state index < -0.39 is 0 Å². The van der Waals surface area contributed by atoms with E-state index in [1.54, 1.807) is 7.11 Å². The molecule has 0 heterocycles. The number of nitrogens with one attached hydrogen (secondary N) is 1. The van der Waals surface area contributed by atoms with Crippen LogP contribution >= 0.6 is 15.9 Å². The number of benzene rings is 2. The molecule has 0 bridgehead atoms. The van der Waals surface area contributed by atoms with E-state index in [-0.39, 0.29) is 0 Å². The van der Waals surface area contributed by atoms with Gasteiger partial charge >= 0.3 is 0 Å². The van der Waals surface area contributed by atoms with Crippen LogP contribution in [0.3, 0.4) is 0 Å². The van der Waals surface area contributed by atoms with Crippen molar-refractivity contribution in [3.63, 3.8) is 0 Å². The van der Waals surface area contributed by atoms with Crippen molar-refractivity contribution >= 4 is 15.9 Å². The van der Waals surface area contributed by atoms with Crippen LogP contribution in [0, 0.1) is 0 Å². The SMILES string of the molecule is CCNCc1ccc(OC)c(OCc2ccc(Br)cc2)c1. The fraction of sp³-hybridized carbons (Fsp3) is 0.294. The summed E-state index contributed by atoms with van der Waals surface area (Å²) in [5.74, 6) is 1.53. The minimum absolute atomic E-state index is 0.522. The average molecular weight is 350 g/mol. The first-order chi connectivity index (χ1) is 10.2. The summed E-state index contributed by atoms with van der Waals surface area (Å²) in [6.07, 6.45) is 0. The molecule has 0 atom stereocenters. The van der Waals surface area contributed by atoms with Gasteiger partial charge < -0.3 is 14.8 Å². The second-order valence-electron chi connectivity index (χ2n) is 4.68. The minimum Gasteiger partial charge on any atom is -0.493 e. The van der Waals surface area contributed by atoms with Gasteiger partial charge in [0.25, 0.3) is 0 Å². The van der Waals surface area contributed by atoms with Gasteiger partial charge in [-0.3, -0.25) is 0 Å². The average Bonchev–Trinajstić information content (AvgIpc) is 2.52. The Morgan fingerprint density at radius 2 is 1.71 bits per heavy atom. The second-order valence-corrected chi connectivity index (χ2v) is 5.60. The van der Waals surface area contributed by atoms with Crippen molar-refractivity contribution < 1.29 is 9.47 Å². The Morgan fingerprint density at radius 3 is 2.38 bits per heavy atom. The summed E-state index contributed by atoms with van der Waals surface area (Å²) in [6.45, 7) is 4.39. The molecule has 2 aromatic carbocycles. The van der Waals surface area contributed by atoms with Crippen molar-refractivity contribution in [1.29, 1.82) is 0 Å². The Hall–Kier alpha value is -1.52. The van der Waals surface area contributed by atoms with Crippen LogP contribution in [0.15, 0.2) is 46.9 Å². The lowest BCUT2D eigenvalue weighted by Gasteiger charge is -2.13. The van der Waals surface area contributed by atoms with Crippen molar-refractivity contribution in [3.05, 3.63) is 58.1 Å². The lowest BCUT2D eigenvalue weighted by atomic mass is 10.2. The monoisotopic (exact) mass is 349 g/mol.